The summed E-state index contributed by atoms with van der Waals surface area (Å²) in [6.45, 7) is 1.22. The van der Waals surface area contributed by atoms with Gasteiger partial charge in [-0.25, -0.2) is 4.98 Å². The van der Waals surface area contributed by atoms with Crippen LogP contribution in [0.3, 0.4) is 0 Å². The van der Waals surface area contributed by atoms with Crippen LogP contribution >= 0.6 is 22.9 Å². The molecular weight excluding hydrogens is 262 g/mol. The van der Waals surface area contributed by atoms with Crippen LogP contribution in [0.1, 0.15) is 10.7 Å². The van der Waals surface area contributed by atoms with E-state index in [0.717, 1.165) is 17.1 Å². The van der Waals surface area contributed by atoms with Gasteiger partial charge in [0.15, 0.2) is 0 Å². The van der Waals surface area contributed by atoms with Gasteiger partial charge < -0.3 is 0 Å². The lowest BCUT2D eigenvalue weighted by Crippen LogP contribution is -2.51. The average Bonchev–Trinajstić information content (AvgIpc) is 2.73. The van der Waals surface area contributed by atoms with Crippen LogP contribution in [0.4, 0.5) is 0 Å². The summed E-state index contributed by atoms with van der Waals surface area (Å²) in [6.07, 6.45) is 0.738. The summed E-state index contributed by atoms with van der Waals surface area (Å²) in [7, 11) is 0. The van der Waals surface area contributed by atoms with Gasteiger partial charge in [0, 0.05) is 18.3 Å². The minimum atomic E-state index is -0.234. The maximum absolute atomic E-state index is 11.1. The summed E-state index contributed by atoms with van der Waals surface area (Å²) in [5, 5.41) is 5.18. The molecule has 1 aromatic heterocycles. The molecule has 1 fully saturated rings. The fraction of sp³-hybridized carbons (Fsp3) is 0.500. The van der Waals surface area contributed by atoms with Gasteiger partial charge in [-0.3, -0.25) is 19.8 Å². The molecule has 17 heavy (non-hydrogen) atoms. The van der Waals surface area contributed by atoms with Crippen molar-refractivity contribution in [3.63, 3.8) is 0 Å². The fourth-order valence-corrected chi connectivity index (χ4v) is 2.65. The van der Waals surface area contributed by atoms with Crippen LogP contribution in [0.2, 0.25) is 0 Å². The molecule has 2 rings (SSSR count). The second kappa shape index (κ2) is 5.57. The van der Waals surface area contributed by atoms with Crippen molar-refractivity contribution < 1.29 is 9.59 Å². The molecule has 1 saturated heterocycles. The molecule has 5 nitrogen and oxygen atoms in total. The minimum absolute atomic E-state index is 0.234. The van der Waals surface area contributed by atoms with E-state index in [1.807, 2.05) is 10.3 Å². The normalized spacial score (nSPS) is 17.2. The van der Waals surface area contributed by atoms with E-state index in [2.05, 4.69) is 10.3 Å². The lowest BCUT2D eigenvalue weighted by Gasteiger charge is -2.24. The number of rotatable bonds is 4. The molecule has 0 spiro atoms. The number of alkyl halides is 1. The number of hydrogen-bond donors (Lipinski definition) is 1. The Morgan fingerprint density at radius 1 is 1.41 bits per heavy atom. The number of nitrogens with zero attached hydrogens (tertiary/aromatic N) is 2. The predicted octanol–water partition coefficient (Wildman–Crippen LogP) is 0.383. The second-order valence-corrected chi connectivity index (χ2v) is 5.01. The highest BCUT2D eigenvalue weighted by molar-refractivity contribution is 7.09. The smallest absolute Gasteiger partial charge is 0.240 e. The molecule has 1 aliphatic rings. The van der Waals surface area contributed by atoms with E-state index in [1.165, 1.54) is 0 Å². The first-order valence-corrected chi connectivity index (χ1v) is 6.63. The Morgan fingerprint density at radius 3 is 2.71 bits per heavy atom. The molecule has 0 radical (unpaired) electrons. The number of amides is 2. The molecule has 0 saturated carbocycles. The number of nitrogens with one attached hydrogen (secondary N) is 1. The van der Waals surface area contributed by atoms with E-state index < -0.39 is 0 Å². The molecule has 2 amide bonds. The first kappa shape index (κ1) is 12.5. The van der Waals surface area contributed by atoms with Crippen molar-refractivity contribution in [3.05, 3.63) is 16.1 Å². The van der Waals surface area contributed by atoms with Crippen molar-refractivity contribution in [1.82, 2.24) is 15.2 Å². The zero-order valence-corrected chi connectivity index (χ0v) is 10.7. The van der Waals surface area contributed by atoms with Crippen LogP contribution in [0.25, 0.3) is 0 Å². The van der Waals surface area contributed by atoms with Gasteiger partial charge in [0.05, 0.1) is 29.7 Å². The second-order valence-electron chi connectivity index (χ2n) is 3.80. The molecule has 92 valence electrons. The standard InChI is InChI=1S/C10H12ClN3O2S/c11-3-7-6-17-10(12-7)1-2-14-4-8(15)13-9(16)5-14/h6H,1-5H2,(H,13,15,16). The van der Waals surface area contributed by atoms with Crippen LogP contribution < -0.4 is 5.32 Å². The zero-order valence-electron chi connectivity index (χ0n) is 9.11. The zero-order chi connectivity index (χ0) is 12.3. The Bertz CT molecular complexity index is 419. The number of hydrogen-bond acceptors (Lipinski definition) is 5. The summed E-state index contributed by atoms with van der Waals surface area (Å²) >= 11 is 7.22. The van der Waals surface area contributed by atoms with Crippen LogP contribution in [0, 0.1) is 0 Å². The molecule has 0 atom stereocenters. The highest BCUT2D eigenvalue weighted by atomic mass is 35.5. The number of aromatic nitrogens is 1. The topological polar surface area (TPSA) is 62.3 Å². The third-order valence-corrected chi connectivity index (χ3v) is 3.62. The van der Waals surface area contributed by atoms with Crippen molar-refractivity contribution in [2.75, 3.05) is 19.6 Å². The van der Waals surface area contributed by atoms with Crippen molar-refractivity contribution in [3.8, 4) is 0 Å². The molecule has 1 N–H and O–H groups in total. The van der Waals surface area contributed by atoms with Gasteiger partial charge in [-0.05, 0) is 0 Å². The van der Waals surface area contributed by atoms with Gasteiger partial charge in [-0.15, -0.1) is 22.9 Å². The molecule has 0 aromatic carbocycles. The average molecular weight is 274 g/mol. The van der Waals surface area contributed by atoms with E-state index in [0.29, 0.717) is 12.4 Å². The molecule has 0 unspecified atom stereocenters. The predicted molar refractivity (Wildman–Crippen MR) is 65.0 cm³/mol. The fourth-order valence-electron chi connectivity index (χ4n) is 1.63. The van der Waals surface area contributed by atoms with Crippen LogP contribution in [-0.4, -0.2) is 41.3 Å². The summed E-state index contributed by atoms with van der Waals surface area (Å²) in [5.74, 6) is -0.0511. The van der Waals surface area contributed by atoms with E-state index in [9.17, 15) is 9.59 Å². The first-order chi connectivity index (χ1) is 8.17. The Labute approximate surface area is 108 Å². The molecule has 1 aliphatic heterocycles. The maximum Gasteiger partial charge on any atom is 0.240 e. The van der Waals surface area contributed by atoms with Gasteiger partial charge in [-0.1, -0.05) is 0 Å². The number of piperazine rings is 1. The van der Waals surface area contributed by atoms with Gasteiger partial charge in [0.2, 0.25) is 11.8 Å². The number of imide groups is 1. The van der Waals surface area contributed by atoms with E-state index >= 15 is 0 Å². The minimum Gasteiger partial charge on any atom is -0.294 e. The number of halogens is 1. The van der Waals surface area contributed by atoms with E-state index in [1.54, 1.807) is 11.3 Å². The quantitative estimate of drug-likeness (QED) is 0.637. The van der Waals surface area contributed by atoms with Gasteiger partial charge >= 0.3 is 0 Å². The number of carbonyl (C=O) groups excluding carboxylic acids is 2. The van der Waals surface area contributed by atoms with Crippen LogP contribution in [-0.2, 0) is 21.9 Å². The Kier molecular flexibility index (Phi) is 4.09. The number of carbonyl (C=O) groups is 2. The SMILES string of the molecule is O=C1CN(CCc2nc(CCl)cs2)CC(=O)N1. The van der Waals surface area contributed by atoms with Crippen molar-refractivity contribution in [1.29, 1.82) is 0 Å². The monoisotopic (exact) mass is 273 g/mol. The summed E-state index contributed by atoms with van der Waals surface area (Å²) in [6, 6.07) is 0. The van der Waals surface area contributed by atoms with Crippen molar-refractivity contribution in [2.45, 2.75) is 12.3 Å². The highest BCUT2D eigenvalue weighted by Crippen LogP contribution is 2.12. The number of thiazole rings is 1. The van der Waals surface area contributed by atoms with Gasteiger partial charge in [0.1, 0.15) is 0 Å². The van der Waals surface area contributed by atoms with Crippen molar-refractivity contribution in [2.24, 2.45) is 0 Å². The lowest BCUT2D eigenvalue weighted by molar-refractivity contribution is -0.135. The van der Waals surface area contributed by atoms with Gasteiger partial charge in [0.25, 0.3) is 0 Å². The molecule has 7 heteroatoms. The largest absolute Gasteiger partial charge is 0.294 e. The Morgan fingerprint density at radius 2 is 2.12 bits per heavy atom. The summed E-state index contributed by atoms with van der Waals surface area (Å²) < 4.78 is 0. The lowest BCUT2D eigenvalue weighted by atomic mass is 10.3. The Balaban J connectivity index is 1.85. The third kappa shape index (κ3) is 3.49. The van der Waals surface area contributed by atoms with E-state index in [-0.39, 0.29) is 24.9 Å². The molecule has 1 aromatic rings. The molecule has 2 heterocycles. The van der Waals surface area contributed by atoms with Crippen LogP contribution in [0.5, 0.6) is 0 Å². The van der Waals surface area contributed by atoms with Crippen LogP contribution in [0.15, 0.2) is 5.38 Å². The Hall–Kier alpha value is -0.980. The van der Waals surface area contributed by atoms with Crippen molar-refractivity contribution >= 4 is 34.8 Å². The molecule has 0 bridgehead atoms. The highest BCUT2D eigenvalue weighted by Gasteiger charge is 2.21. The van der Waals surface area contributed by atoms with Gasteiger partial charge in [-0.2, -0.15) is 0 Å². The third-order valence-electron chi connectivity index (χ3n) is 2.39. The molecule has 0 aliphatic carbocycles. The molecular formula is C10H12ClN3O2S. The summed E-state index contributed by atoms with van der Waals surface area (Å²) in [4.78, 5) is 28.4. The van der Waals surface area contributed by atoms with E-state index in [4.69, 9.17) is 11.6 Å². The maximum atomic E-state index is 11.1. The first-order valence-electron chi connectivity index (χ1n) is 5.21. The summed E-state index contributed by atoms with van der Waals surface area (Å²) in [5.41, 5.74) is 0.874.